The summed E-state index contributed by atoms with van der Waals surface area (Å²) in [5.74, 6) is -0.0478. The number of aromatic nitrogens is 4. The molecule has 2 rings (SSSR count). The summed E-state index contributed by atoms with van der Waals surface area (Å²) in [6.45, 7) is 6.07. The number of hydrogen-bond acceptors (Lipinski definition) is 7. The van der Waals surface area contributed by atoms with Crippen LogP contribution >= 0.6 is 22.6 Å². The summed E-state index contributed by atoms with van der Waals surface area (Å²) in [4.78, 5) is 20.4. The molecule has 0 aromatic carbocycles. The van der Waals surface area contributed by atoms with E-state index in [0.29, 0.717) is 11.6 Å². The number of methoxy groups -OCH3 is 2. The van der Waals surface area contributed by atoms with E-state index >= 15 is 0 Å². The summed E-state index contributed by atoms with van der Waals surface area (Å²) < 4.78 is 17.8. The molecule has 0 aliphatic heterocycles. The molecule has 0 atom stereocenters. The molecule has 0 amide bonds. The summed E-state index contributed by atoms with van der Waals surface area (Å²) in [5.41, 5.74) is 1.64. The predicted octanol–water partition coefficient (Wildman–Crippen LogP) is 2.58. The Morgan fingerprint density at radius 3 is 2.58 bits per heavy atom. The Kier molecular flexibility index (Phi) is 5.97. The highest BCUT2D eigenvalue weighted by Crippen LogP contribution is 2.31. The first-order valence-electron chi connectivity index (χ1n) is 7.35. The lowest BCUT2D eigenvalue weighted by atomic mass is 10.1. The fourth-order valence-corrected chi connectivity index (χ4v) is 3.34. The highest BCUT2D eigenvalue weighted by atomic mass is 127. The van der Waals surface area contributed by atoms with Crippen LogP contribution < -0.4 is 9.47 Å². The quantitative estimate of drug-likeness (QED) is 0.498. The molecule has 2 aromatic rings. The molecule has 0 saturated heterocycles. The summed E-state index contributed by atoms with van der Waals surface area (Å²) in [7, 11) is 2.98. The number of rotatable bonds is 6. The maximum Gasteiger partial charge on any atom is 0.359 e. The highest BCUT2D eigenvalue weighted by molar-refractivity contribution is 14.1. The van der Waals surface area contributed by atoms with Gasteiger partial charge in [-0.3, -0.25) is 0 Å². The van der Waals surface area contributed by atoms with Crippen LogP contribution in [0.15, 0.2) is 6.20 Å². The second kappa shape index (κ2) is 7.77. The highest BCUT2D eigenvalue weighted by Gasteiger charge is 2.26. The van der Waals surface area contributed by atoms with Crippen molar-refractivity contribution in [2.24, 2.45) is 0 Å². The first-order chi connectivity index (χ1) is 11.4. The van der Waals surface area contributed by atoms with Crippen molar-refractivity contribution in [2.75, 3.05) is 20.8 Å². The van der Waals surface area contributed by atoms with Crippen LogP contribution in [0.2, 0.25) is 0 Å². The maximum atomic E-state index is 12.2. The van der Waals surface area contributed by atoms with Gasteiger partial charge in [-0.05, 0) is 35.4 Å². The lowest BCUT2D eigenvalue weighted by Gasteiger charge is -2.13. The Labute approximate surface area is 153 Å². The van der Waals surface area contributed by atoms with Crippen molar-refractivity contribution in [1.82, 2.24) is 19.7 Å². The third kappa shape index (κ3) is 3.45. The van der Waals surface area contributed by atoms with E-state index in [1.54, 1.807) is 17.8 Å². The average molecular weight is 446 g/mol. The van der Waals surface area contributed by atoms with Crippen LogP contribution in [0, 0.1) is 3.57 Å². The third-order valence-electron chi connectivity index (χ3n) is 3.19. The van der Waals surface area contributed by atoms with Gasteiger partial charge in [0.2, 0.25) is 5.88 Å². The molecule has 130 valence electrons. The number of nitrogens with zero attached hydrogens (tertiary/aromatic N) is 4. The van der Waals surface area contributed by atoms with Gasteiger partial charge in [0.1, 0.15) is 5.69 Å². The number of halogens is 1. The summed E-state index contributed by atoms with van der Waals surface area (Å²) in [6, 6.07) is 0.189. The van der Waals surface area contributed by atoms with E-state index in [-0.39, 0.29) is 24.2 Å². The third-order valence-corrected chi connectivity index (χ3v) is 4.26. The molecule has 0 fully saturated rings. The molecule has 0 unspecified atom stereocenters. The van der Waals surface area contributed by atoms with Crippen LogP contribution in [0.4, 0.5) is 0 Å². The largest absolute Gasteiger partial charge is 0.479 e. The fourth-order valence-electron chi connectivity index (χ4n) is 2.16. The molecule has 0 aliphatic carbocycles. The predicted molar refractivity (Wildman–Crippen MR) is 95.0 cm³/mol. The molecule has 0 N–H and O–H groups in total. The molecule has 2 aromatic heterocycles. The van der Waals surface area contributed by atoms with Crippen LogP contribution in [0.5, 0.6) is 11.9 Å². The van der Waals surface area contributed by atoms with Gasteiger partial charge in [0.15, 0.2) is 5.69 Å². The minimum absolute atomic E-state index is 0.111. The van der Waals surface area contributed by atoms with Crippen molar-refractivity contribution in [3.8, 4) is 17.6 Å². The molecular formula is C15H19IN4O4. The second-order valence-corrected chi connectivity index (χ2v) is 6.16. The molecule has 2 heterocycles. The van der Waals surface area contributed by atoms with Gasteiger partial charge >= 0.3 is 12.0 Å². The lowest BCUT2D eigenvalue weighted by Crippen LogP contribution is -2.10. The van der Waals surface area contributed by atoms with Gasteiger partial charge in [-0.1, -0.05) is 13.8 Å². The zero-order valence-electron chi connectivity index (χ0n) is 14.2. The van der Waals surface area contributed by atoms with E-state index in [2.05, 4.69) is 37.7 Å². The Bertz CT molecular complexity index is 745. The molecule has 8 nitrogen and oxygen atoms in total. The van der Waals surface area contributed by atoms with E-state index in [1.807, 2.05) is 13.8 Å². The van der Waals surface area contributed by atoms with Gasteiger partial charge < -0.3 is 14.2 Å². The number of carbonyl (C=O) groups excluding carboxylic acids is 1. The molecule has 9 heteroatoms. The minimum atomic E-state index is -0.462. The number of hydrogen-bond donors (Lipinski definition) is 0. The first kappa shape index (κ1) is 18.4. The van der Waals surface area contributed by atoms with E-state index < -0.39 is 5.97 Å². The van der Waals surface area contributed by atoms with Crippen LogP contribution in [-0.2, 0) is 4.74 Å². The second-order valence-electron chi connectivity index (χ2n) is 5.09. The molecule has 24 heavy (non-hydrogen) atoms. The zero-order chi connectivity index (χ0) is 17.9. The normalized spacial score (nSPS) is 10.8. The van der Waals surface area contributed by atoms with Crippen molar-refractivity contribution in [2.45, 2.75) is 26.7 Å². The summed E-state index contributed by atoms with van der Waals surface area (Å²) in [6.07, 6.45) is 1.55. The Morgan fingerprint density at radius 2 is 2.04 bits per heavy atom. The van der Waals surface area contributed by atoms with Gasteiger partial charge in [-0.15, -0.1) is 0 Å². The fraction of sp³-hybridized carbons (Fsp3) is 0.467. The van der Waals surface area contributed by atoms with Crippen LogP contribution in [0.1, 0.15) is 42.9 Å². The summed E-state index contributed by atoms with van der Waals surface area (Å²) in [5, 5.41) is 4.42. The van der Waals surface area contributed by atoms with Gasteiger partial charge in [0.05, 0.1) is 36.3 Å². The van der Waals surface area contributed by atoms with Crippen LogP contribution in [-0.4, -0.2) is 46.5 Å². The molecular weight excluding hydrogens is 427 g/mol. The van der Waals surface area contributed by atoms with Crippen LogP contribution in [0.25, 0.3) is 5.69 Å². The SMILES string of the molecule is CCOC(=O)c1nn(-c2cnc(OC)nc2OC)c(C(C)C)c1I. The average Bonchev–Trinajstić information content (AvgIpc) is 2.91. The van der Waals surface area contributed by atoms with Crippen molar-refractivity contribution in [3.63, 3.8) is 0 Å². The Balaban J connectivity index is 2.65. The minimum Gasteiger partial charge on any atom is -0.479 e. The molecule has 0 spiro atoms. The smallest absolute Gasteiger partial charge is 0.359 e. The zero-order valence-corrected chi connectivity index (χ0v) is 16.3. The number of ether oxygens (including phenoxy) is 3. The first-order valence-corrected chi connectivity index (χ1v) is 8.43. The van der Waals surface area contributed by atoms with Crippen molar-refractivity contribution in [1.29, 1.82) is 0 Å². The lowest BCUT2D eigenvalue weighted by molar-refractivity contribution is 0.0517. The Morgan fingerprint density at radius 1 is 1.33 bits per heavy atom. The van der Waals surface area contributed by atoms with E-state index in [9.17, 15) is 4.79 Å². The van der Waals surface area contributed by atoms with Gasteiger partial charge in [-0.25, -0.2) is 14.5 Å². The van der Waals surface area contributed by atoms with Gasteiger partial charge in [0, 0.05) is 0 Å². The Hall–Kier alpha value is -1.91. The van der Waals surface area contributed by atoms with Crippen molar-refractivity contribution in [3.05, 3.63) is 21.2 Å². The van der Waals surface area contributed by atoms with E-state index in [1.165, 1.54) is 14.2 Å². The standard InChI is InChI=1S/C15H19IN4O4/c1-6-24-14(21)11-10(16)12(8(2)3)20(19-11)9-7-17-15(23-5)18-13(9)22-4/h7-8H,6H2,1-5H3. The number of esters is 1. The monoisotopic (exact) mass is 446 g/mol. The maximum absolute atomic E-state index is 12.2. The number of carbonyl (C=O) groups is 1. The van der Waals surface area contributed by atoms with Gasteiger partial charge in [-0.2, -0.15) is 10.1 Å². The summed E-state index contributed by atoms with van der Waals surface area (Å²) >= 11 is 2.11. The molecule has 0 radical (unpaired) electrons. The molecule has 0 bridgehead atoms. The topological polar surface area (TPSA) is 88.4 Å². The molecule has 0 aliphatic rings. The van der Waals surface area contributed by atoms with E-state index in [4.69, 9.17) is 14.2 Å². The van der Waals surface area contributed by atoms with Crippen molar-refractivity contribution >= 4 is 28.6 Å². The molecule has 0 saturated carbocycles. The van der Waals surface area contributed by atoms with Gasteiger partial charge in [0.25, 0.3) is 0 Å². The van der Waals surface area contributed by atoms with Crippen molar-refractivity contribution < 1.29 is 19.0 Å². The van der Waals surface area contributed by atoms with Crippen LogP contribution in [0.3, 0.4) is 0 Å². The van der Waals surface area contributed by atoms with E-state index in [0.717, 1.165) is 9.26 Å².